The zero-order chi connectivity index (χ0) is 18.1. The Balaban J connectivity index is 0.000000129. The van der Waals surface area contributed by atoms with E-state index in [2.05, 4.69) is 0 Å². The van der Waals surface area contributed by atoms with Crippen molar-refractivity contribution >= 4 is 11.9 Å². The molecule has 0 aliphatic heterocycles. The molecule has 4 nitrogen and oxygen atoms in total. The Morgan fingerprint density at radius 1 is 0.519 bits per heavy atom. The predicted molar refractivity (Wildman–Crippen MR) is 91.2 cm³/mol. The third-order valence-corrected chi connectivity index (χ3v) is 8.94. The van der Waals surface area contributed by atoms with Crippen molar-refractivity contribution in [3.63, 3.8) is 0 Å². The summed E-state index contributed by atoms with van der Waals surface area (Å²) in [6.45, 7) is 0. The van der Waals surface area contributed by atoms with Crippen molar-refractivity contribution in [3.05, 3.63) is 0 Å². The van der Waals surface area contributed by atoms with E-state index >= 15 is 0 Å². The van der Waals surface area contributed by atoms with E-state index in [9.17, 15) is 19.8 Å². The van der Waals surface area contributed by atoms with E-state index in [4.69, 9.17) is 0 Å². The van der Waals surface area contributed by atoms with Crippen molar-refractivity contribution in [2.75, 3.05) is 0 Å². The number of aliphatic carboxylic acids is 2. The molecule has 8 bridgehead atoms. The van der Waals surface area contributed by atoms with Crippen molar-refractivity contribution in [3.8, 4) is 0 Å². The molecule has 8 saturated carbocycles. The Hall–Kier alpha value is -0.566. The fraction of sp³-hybridized carbons (Fsp3) is 0.909. The van der Waals surface area contributed by atoms with Crippen LogP contribution in [0, 0.1) is 46.3 Å². The third kappa shape index (κ3) is 3.26. The van der Waals surface area contributed by atoms with Crippen molar-refractivity contribution in [2.45, 2.75) is 77.0 Å². The van der Waals surface area contributed by atoms with Gasteiger partial charge in [0.25, 0.3) is 0 Å². The van der Waals surface area contributed by atoms with Crippen LogP contribution in [0.4, 0.5) is 0 Å². The predicted octanol–water partition coefficient (Wildman–Crippen LogP) is 1.90. The molecule has 0 saturated heterocycles. The summed E-state index contributed by atoms with van der Waals surface area (Å²) in [5.41, 5.74) is -0.788. The van der Waals surface area contributed by atoms with Gasteiger partial charge in [-0.1, -0.05) is 0 Å². The number of carboxylic acids is 2. The Kier molecular flexibility index (Phi) is 4.93. The Bertz CT molecular complexity index is 503. The van der Waals surface area contributed by atoms with Gasteiger partial charge < -0.3 is 19.8 Å². The van der Waals surface area contributed by atoms with Crippen LogP contribution >= 0.6 is 0 Å². The van der Waals surface area contributed by atoms with E-state index in [0.717, 1.165) is 38.5 Å². The summed E-state index contributed by atoms with van der Waals surface area (Å²) in [6.07, 6.45) is 13.3. The van der Waals surface area contributed by atoms with Gasteiger partial charge in [-0.25, -0.2) is 0 Å². The van der Waals surface area contributed by atoms with E-state index in [1.54, 1.807) is 0 Å². The molecule has 0 unspecified atom stereocenters. The van der Waals surface area contributed by atoms with Crippen LogP contribution in [0.3, 0.4) is 0 Å². The molecule has 8 aliphatic rings. The van der Waals surface area contributed by atoms with Gasteiger partial charge in [-0.15, -0.1) is 0 Å². The zero-order valence-corrected chi connectivity index (χ0v) is 16.9. The molecule has 0 radical (unpaired) electrons. The first-order valence-electron chi connectivity index (χ1n) is 10.8. The standard InChI is InChI=1S/2C11H16O2.Ni/c2*12-10(13)11-4-7-1-8(5-11)3-9(2-7)6-11;/h2*7-9H,1-6H2,(H,12,13);/q;;+2/p-2. The van der Waals surface area contributed by atoms with Crippen LogP contribution in [-0.4, -0.2) is 11.9 Å². The first kappa shape index (κ1) is 19.7. The van der Waals surface area contributed by atoms with Crippen LogP contribution in [0.2, 0.25) is 0 Å². The van der Waals surface area contributed by atoms with E-state index in [1.807, 2.05) is 0 Å². The normalized spacial score (nSPS) is 50.5. The van der Waals surface area contributed by atoms with Crippen molar-refractivity contribution in [1.82, 2.24) is 0 Å². The molecule has 0 aromatic carbocycles. The fourth-order valence-corrected chi connectivity index (χ4v) is 8.72. The third-order valence-electron chi connectivity index (χ3n) is 8.94. The van der Waals surface area contributed by atoms with Gasteiger partial charge in [0.05, 0.1) is 0 Å². The van der Waals surface area contributed by atoms with Gasteiger partial charge in [0.1, 0.15) is 0 Å². The number of rotatable bonds is 2. The summed E-state index contributed by atoms with van der Waals surface area (Å²) in [7, 11) is 0. The monoisotopic (exact) mass is 416 g/mol. The Morgan fingerprint density at radius 3 is 0.852 bits per heavy atom. The van der Waals surface area contributed by atoms with Crippen LogP contribution in [0.5, 0.6) is 0 Å². The summed E-state index contributed by atoms with van der Waals surface area (Å²) in [6, 6.07) is 0. The number of carboxylic acid groups (broad SMARTS) is 2. The molecule has 0 atom stereocenters. The Morgan fingerprint density at radius 2 is 0.704 bits per heavy atom. The summed E-state index contributed by atoms with van der Waals surface area (Å²) >= 11 is 0. The second-order valence-electron chi connectivity index (χ2n) is 11.0. The number of carbonyl (C=O) groups is 2. The minimum absolute atomic E-state index is 0. The van der Waals surface area contributed by atoms with Crippen molar-refractivity contribution in [2.24, 2.45) is 46.3 Å². The second-order valence-corrected chi connectivity index (χ2v) is 11.0. The van der Waals surface area contributed by atoms with Crippen LogP contribution < -0.4 is 10.2 Å². The molecule has 27 heavy (non-hydrogen) atoms. The molecule has 8 rings (SSSR count). The van der Waals surface area contributed by atoms with Crippen LogP contribution in [0.1, 0.15) is 77.0 Å². The van der Waals surface area contributed by atoms with E-state index in [-0.39, 0.29) is 16.5 Å². The van der Waals surface area contributed by atoms with E-state index in [0.29, 0.717) is 35.5 Å². The molecular formula is C22H30NiO4. The van der Waals surface area contributed by atoms with Crippen molar-refractivity contribution < 1.29 is 36.3 Å². The number of carbonyl (C=O) groups excluding carboxylic acids is 2. The molecule has 0 aromatic heterocycles. The van der Waals surface area contributed by atoms with E-state index in [1.165, 1.54) is 38.5 Å². The number of hydrogen-bond donors (Lipinski definition) is 0. The minimum atomic E-state index is -0.758. The topological polar surface area (TPSA) is 80.3 Å². The Labute approximate surface area is 171 Å². The van der Waals surface area contributed by atoms with Crippen LogP contribution in [0.25, 0.3) is 0 Å². The average Bonchev–Trinajstić information content (AvgIpc) is 2.52. The molecule has 5 heteroatoms. The second kappa shape index (κ2) is 6.75. The van der Waals surface area contributed by atoms with Crippen LogP contribution in [0.15, 0.2) is 0 Å². The molecule has 8 fully saturated rings. The fourth-order valence-electron chi connectivity index (χ4n) is 8.72. The summed E-state index contributed by atoms with van der Waals surface area (Å²) < 4.78 is 0. The molecule has 0 heterocycles. The molecular weight excluding hydrogens is 387 g/mol. The minimum Gasteiger partial charge on any atom is -0.550 e. The first-order valence-corrected chi connectivity index (χ1v) is 10.8. The maximum atomic E-state index is 11.1. The van der Waals surface area contributed by atoms with Gasteiger partial charge in [0.2, 0.25) is 0 Å². The van der Waals surface area contributed by atoms with Gasteiger partial charge in [-0.2, -0.15) is 0 Å². The smallest absolute Gasteiger partial charge is 0.550 e. The quantitative estimate of drug-likeness (QED) is 0.643. The van der Waals surface area contributed by atoms with Gasteiger partial charge in [0.15, 0.2) is 0 Å². The largest absolute Gasteiger partial charge is 2.00 e. The molecule has 0 aromatic rings. The van der Waals surface area contributed by atoms with Gasteiger partial charge >= 0.3 is 16.5 Å². The van der Waals surface area contributed by atoms with E-state index < -0.39 is 22.8 Å². The molecule has 0 amide bonds. The summed E-state index contributed by atoms with van der Waals surface area (Å²) in [5, 5.41) is 22.3. The average molecular weight is 417 g/mol. The molecule has 0 N–H and O–H groups in total. The van der Waals surface area contributed by atoms with Gasteiger partial charge in [0, 0.05) is 22.8 Å². The maximum Gasteiger partial charge on any atom is 2.00 e. The van der Waals surface area contributed by atoms with Gasteiger partial charge in [-0.3, -0.25) is 0 Å². The molecule has 0 spiro atoms. The van der Waals surface area contributed by atoms with Gasteiger partial charge in [-0.05, 0) is 113 Å². The zero-order valence-electron chi connectivity index (χ0n) is 15.9. The van der Waals surface area contributed by atoms with Crippen LogP contribution in [-0.2, 0) is 26.1 Å². The summed E-state index contributed by atoms with van der Waals surface area (Å²) in [4.78, 5) is 22.3. The first-order chi connectivity index (χ1) is 12.4. The summed E-state index contributed by atoms with van der Waals surface area (Å²) in [5.74, 6) is 2.76. The number of hydrogen-bond acceptors (Lipinski definition) is 4. The SMILES string of the molecule is O=C([O-])C12CC3CC(CC(C3)C1)C2.O=C([O-])C12CC3CC(CC(C3)C1)C2.[Ni+2]. The molecule has 8 aliphatic carbocycles. The van der Waals surface area contributed by atoms with Crippen molar-refractivity contribution in [1.29, 1.82) is 0 Å². The molecule has 152 valence electrons. The maximum absolute atomic E-state index is 11.1.